The lowest BCUT2D eigenvalue weighted by Crippen LogP contribution is -2.26. The molecule has 2 aromatic heterocycles. The SMILES string of the molecule is COc1ccc2cc(CN3C[C@H](C(=O)O)[C@@H](c4ccccn4)C3)c(=O)[nH]c2c1. The predicted octanol–water partition coefficient (Wildman–Crippen LogP) is 2.23. The predicted molar refractivity (Wildman–Crippen MR) is 105 cm³/mol. The summed E-state index contributed by atoms with van der Waals surface area (Å²) in [7, 11) is 1.58. The second kappa shape index (κ2) is 7.44. The zero-order chi connectivity index (χ0) is 19.7. The number of hydrogen-bond acceptors (Lipinski definition) is 5. The maximum absolute atomic E-state index is 12.5. The van der Waals surface area contributed by atoms with Gasteiger partial charge in [-0.1, -0.05) is 6.07 Å². The normalized spacial score (nSPS) is 19.8. The van der Waals surface area contributed by atoms with E-state index in [0.29, 0.717) is 36.5 Å². The number of aliphatic carboxylic acids is 1. The first kappa shape index (κ1) is 18.2. The lowest BCUT2D eigenvalue weighted by molar-refractivity contribution is -0.141. The van der Waals surface area contributed by atoms with Gasteiger partial charge in [-0.15, -0.1) is 0 Å². The number of carboxylic acid groups (broad SMARTS) is 1. The standard InChI is InChI=1S/C21H21N3O4/c1-28-15-6-5-13-8-14(20(25)23-19(13)9-15)10-24-11-16(17(12-24)21(26)27)18-4-2-3-7-22-18/h2-9,16-17H,10-12H2,1H3,(H,23,25)(H,26,27)/t16-,17-/m0/s1. The first-order valence-electron chi connectivity index (χ1n) is 9.11. The fourth-order valence-electron chi connectivity index (χ4n) is 3.87. The Morgan fingerprint density at radius 2 is 2.14 bits per heavy atom. The van der Waals surface area contributed by atoms with E-state index in [1.54, 1.807) is 19.4 Å². The van der Waals surface area contributed by atoms with E-state index in [1.165, 1.54) is 0 Å². The van der Waals surface area contributed by atoms with E-state index < -0.39 is 11.9 Å². The van der Waals surface area contributed by atoms with Crippen molar-refractivity contribution in [2.45, 2.75) is 12.5 Å². The van der Waals surface area contributed by atoms with Gasteiger partial charge in [-0.3, -0.25) is 19.5 Å². The molecular formula is C21H21N3O4. The van der Waals surface area contributed by atoms with E-state index in [2.05, 4.69) is 9.97 Å². The van der Waals surface area contributed by atoms with Crippen molar-refractivity contribution in [1.29, 1.82) is 0 Å². The molecule has 0 saturated carbocycles. The Morgan fingerprint density at radius 1 is 1.29 bits per heavy atom. The van der Waals surface area contributed by atoms with Gasteiger partial charge in [0.2, 0.25) is 0 Å². The molecule has 3 heterocycles. The number of carbonyl (C=O) groups is 1. The summed E-state index contributed by atoms with van der Waals surface area (Å²) >= 11 is 0. The van der Waals surface area contributed by atoms with Crippen molar-refractivity contribution in [3.8, 4) is 5.75 Å². The zero-order valence-corrected chi connectivity index (χ0v) is 15.5. The van der Waals surface area contributed by atoms with Crippen molar-refractivity contribution < 1.29 is 14.6 Å². The minimum absolute atomic E-state index is 0.172. The number of nitrogens with zero attached hydrogens (tertiary/aromatic N) is 2. The van der Waals surface area contributed by atoms with Gasteiger partial charge in [0, 0.05) is 49.1 Å². The van der Waals surface area contributed by atoms with Crippen molar-refractivity contribution in [2.24, 2.45) is 5.92 Å². The monoisotopic (exact) mass is 379 g/mol. The smallest absolute Gasteiger partial charge is 0.308 e. The van der Waals surface area contributed by atoms with Crippen LogP contribution in [-0.4, -0.2) is 46.1 Å². The number of likely N-dealkylation sites (tertiary alicyclic amines) is 1. The Hall–Kier alpha value is -3.19. The Balaban J connectivity index is 1.59. The molecular weight excluding hydrogens is 358 g/mol. The minimum atomic E-state index is -0.835. The molecule has 1 aliphatic rings. The first-order valence-corrected chi connectivity index (χ1v) is 9.11. The van der Waals surface area contributed by atoms with Crippen LogP contribution in [0.15, 0.2) is 53.5 Å². The number of hydrogen-bond donors (Lipinski definition) is 2. The van der Waals surface area contributed by atoms with Crippen LogP contribution in [0.3, 0.4) is 0 Å². The Labute approximate surface area is 161 Å². The Morgan fingerprint density at radius 3 is 2.86 bits per heavy atom. The molecule has 3 aromatic rings. The van der Waals surface area contributed by atoms with Crippen molar-refractivity contribution in [1.82, 2.24) is 14.9 Å². The van der Waals surface area contributed by atoms with E-state index in [-0.39, 0.29) is 11.5 Å². The molecule has 0 spiro atoms. The molecule has 1 aromatic carbocycles. The summed E-state index contributed by atoms with van der Waals surface area (Å²) < 4.78 is 5.20. The third kappa shape index (κ3) is 3.48. The molecule has 1 aliphatic heterocycles. The molecule has 1 fully saturated rings. The topological polar surface area (TPSA) is 95.5 Å². The van der Waals surface area contributed by atoms with Gasteiger partial charge in [0.05, 0.1) is 18.5 Å². The third-order valence-corrected chi connectivity index (χ3v) is 5.30. The van der Waals surface area contributed by atoms with Gasteiger partial charge in [-0.2, -0.15) is 0 Å². The highest BCUT2D eigenvalue weighted by Gasteiger charge is 2.39. The number of aromatic nitrogens is 2. The number of fused-ring (bicyclic) bond motifs is 1. The summed E-state index contributed by atoms with van der Waals surface area (Å²) in [5.41, 5.74) is 1.93. The summed E-state index contributed by atoms with van der Waals surface area (Å²) in [5.74, 6) is -0.892. The van der Waals surface area contributed by atoms with Crippen LogP contribution in [0.1, 0.15) is 17.2 Å². The summed E-state index contributed by atoms with van der Waals surface area (Å²) in [6.07, 6.45) is 1.68. The van der Waals surface area contributed by atoms with Crippen molar-refractivity contribution in [2.75, 3.05) is 20.2 Å². The quantitative estimate of drug-likeness (QED) is 0.706. The number of benzene rings is 1. The van der Waals surface area contributed by atoms with Gasteiger partial charge >= 0.3 is 5.97 Å². The van der Waals surface area contributed by atoms with E-state index in [0.717, 1.165) is 11.1 Å². The van der Waals surface area contributed by atoms with Crippen LogP contribution in [-0.2, 0) is 11.3 Å². The molecule has 0 radical (unpaired) electrons. The average Bonchev–Trinajstić information content (AvgIpc) is 3.13. The first-order chi connectivity index (χ1) is 13.5. The highest BCUT2D eigenvalue weighted by atomic mass is 16.5. The van der Waals surface area contributed by atoms with Gasteiger partial charge < -0.3 is 14.8 Å². The Bertz CT molecular complexity index is 1060. The number of nitrogens with one attached hydrogen (secondary N) is 1. The largest absolute Gasteiger partial charge is 0.497 e. The van der Waals surface area contributed by atoms with E-state index >= 15 is 0 Å². The summed E-state index contributed by atoms with van der Waals surface area (Å²) in [6, 6.07) is 12.9. The van der Waals surface area contributed by atoms with Crippen LogP contribution < -0.4 is 10.3 Å². The number of H-pyrrole nitrogens is 1. The molecule has 144 valence electrons. The summed E-state index contributed by atoms with van der Waals surface area (Å²) in [4.78, 5) is 33.5. The van der Waals surface area contributed by atoms with Gasteiger partial charge in [-0.05, 0) is 35.7 Å². The van der Waals surface area contributed by atoms with Crippen molar-refractivity contribution in [3.63, 3.8) is 0 Å². The van der Waals surface area contributed by atoms with Crippen molar-refractivity contribution in [3.05, 3.63) is 70.3 Å². The molecule has 7 nitrogen and oxygen atoms in total. The molecule has 0 unspecified atom stereocenters. The number of carboxylic acids is 1. The second-order valence-corrected chi connectivity index (χ2v) is 7.08. The fraction of sp³-hybridized carbons (Fsp3) is 0.286. The number of pyridine rings is 2. The van der Waals surface area contributed by atoms with Crippen molar-refractivity contribution >= 4 is 16.9 Å². The van der Waals surface area contributed by atoms with E-state index in [9.17, 15) is 14.7 Å². The highest BCUT2D eigenvalue weighted by molar-refractivity contribution is 5.80. The van der Waals surface area contributed by atoms with Crippen LogP contribution in [0, 0.1) is 5.92 Å². The number of ether oxygens (including phenoxy) is 1. The van der Waals surface area contributed by atoms with Crippen LogP contribution >= 0.6 is 0 Å². The third-order valence-electron chi connectivity index (χ3n) is 5.30. The molecule has 7 heteroatoms. The van der Waals surface area contributed by atoms with Crippen LogP contribution in [0.4, 0.5) is 0 Å². The summed E-state index contributed by atoms with van der Waals surface area (Å²) in [6.45, 7) is 1.33. The molecule has 2 atom stereocenters. The minimum Gasteiger partial charge on any atom is -0.497 e. The summed E-state index contributed by atoms with van der Waals surface area (Å²) in [5, 5.41) is 10.5. The van der Waals surface area contributed by atoms with Crippen LogP contribution in [0.2, 0.25) is 0 Å². The maximum atomic E-state index is 12.5. The molecule has 28 heavy (non-hydrogen) atoms. The fourth-order valence-corrected chi connectivity index (χ4v) is 3.87. The van der Waals surface area contributed by atoms with Crippen LogP contribution in [0.5, 0.6) is 5.75 Å². The van der Waals surface area contributed by atoms with Gasteiger partial charge in [-0.25, -0.2) is 0 Å². The van der Waals surface area contributed by atoms with Gasteiger partial charge in [0.1, 0.15) is 5.75 Å². The lowest BCUT2D eigenvalue weighted by atomic mass is 9.93. The number of aromatic amines is 1. The molecule has 2 N–H and O–H groups in total. The Kier molecular flexibility index (Phi) is 4.83. The molecule has 4 rings (SSSR count). The average molecular weight is 379 g/mol. The van der Waals surface area contributed by atoms with Gasteiger partial charge in [0.25, 0.3) is 5.56 Å². The molecule has 1 saturated heterocycles. The number of rotatable bonds is 5. The van der Waals surface area contributed by atoms with E-state index in [1.807, 2.05) is 41.3 Å². The molecule has 0 aliphatic carbocycles. The zero-order valence-electron chi connectivity index (χ0n) is 15.5. The lowest BCUT2D eigenvalue weighted by Gasteiger charge is -2.15. The second-order valence-electron chi connectivity index (χ2n) is 7.08. The molecule has 0 amide bonds. The maximum Gasteiger partial charge on any atom is 0.308 e. The van der Waals surface area contributed by atoms with Crippen LogP contribution in [0.25, 0.3) is 10.9 Å². The van der Waals surface area contributed by atoms with E-state index in [4.69, 9.17) is 4.74 Å². The molecule has 0 bridgehead atoms. The number of methoxy groups -OCH3 is 1. The highest BCUT2D eigenvalue weighted by Crippen LogP contribution is 2.32. The van der Waals surface area contributed by atoms with Gasteiger partial charge in [0.15, 0.2) is 0 Å².